The van der Waals surface area contributed by atoms with E-state index >= 15 is 0 Å². The Morgan fingerprint density at radius 1 is 1.21 bits per heavy atom. The van der Waals surface area contributed by atoms with E-state index in [1.165, 1.54) is 6.42 Å². The Morgan fingerprint density at radius 2 is 1.84 bits per heavy atom. The molecule has 0 aromatic heterocycles. The van der Waals surface area contributed by atoms with Gasteiger partial charge in [0.15, 0.2) is 0 Å². The molecule has 0 saturated heterocycles. The first kappa shape index (κ1) is 14.3. The molecule has 2 rings (SSSR count). The number of hydrogen-bond donors (Lipinski definition) is 2. The van der Waals surface area contributed by atoms with Gasteiger partial charge in [0.1, 0.15) is 0 Å². The number of hydrogen-bond acceptors (Lipinski definition) is 3. The van der Waals surface area contributed by atoms with Crippen LogP contribution < -0.4 is 10.5 Å². The van der Waals surface area contributed by atoms with Crippen LogP contribution in [0.25, 0.3) is 0 Å². The highest BCUT2D eigenvalue weighted by molar-refractivity contribution is 7.89. The molecule has 4 nitrogen and oxygen atoms in total. The molecule has 3 N–H and O–H groups in total. The number of anilines is 1. The van der Waals surface area contributed by atoms with Gasteiger partial charge in [0.05, 0.1) is 4.90 Å². The Bertz CT molecular complexity index is 561. The summed E-state index contributed by atoms with van der Waals surface area (Å²) in [5.74, 6) is 0. The second kappa shape index (κ2) is 5.13. The van der Waals surface area contributed by atoms with Gasteiger partial charge in [-0.1, -0.05) is 19.3 Å². The molecule has 0 heterocycles. The molecule has 1 fully saturated rings. The summed E-state index contributed by atoms with van der Waals surface area (Å²) >= 11 is 0. The minimum atomic E-state index is -3.47. The van der Waals surface area contributed by atoms with Crippen molar-refractivity contribution in [1.82, 2.24) is 4.72 Å². The van der Waals surface area contributed by atoms with Crippen LogP contribution in [0, 0.1) is 6.92 Å². The van der Waals surface area contributed by atoms with Crippen molar-refractivity contribution in [3.8, 4) is 0 Å². The average Bonchev–Trinajstić information content (AvgIpc) is 2.27. The third-order valence-corrected chi connectivity index (χ3v) is 5.62. The summed E-state index contributed by atoms with van der Waals surface area (Å²) in [6.45, 7) is 3.77. The van der Waals surface area contributed by atoms with E-state index in [1.807, 2.05) is 6.92 Å². The molecule has 1 aliphatic rings. The lowest BCUT2D eigenvalue weighted by Gasteiger charge is -2.34. The monoisotopic (exact) mass is 282 g/mol. The van der Waals surface area contributed by atoms with E-state index in [4.69, 9.17) is 5.73 Å². The zero-order valence-corrected chi connectivity index (χ0v) is 12.4. The van der Waals surface area contributed by atoms with Gasteiger partial charge >= 0.3 is 0 Å². The Hall–Kier alpha value is -1.07. The third kappa shape index (κ3) is 3.28. The number of benzene rings is 1. The van der Waals surface area contributed by atoms with Crippen molar-refractivity contribution in [2.24, 2.45) is 0 Å². The first-order valence-electron chi connectivity index (χ1n) is 6.73. The van der Waals surface area contributed by atoms with E-state index < -0.39 is 10.0 Å². The zero-order chi connectivity index (χ0) is 14.1. The quantitative estimate of drug-likeness (QED) is 0.837. The van der Waals surface area contributed by atoms with Crippen LogP contribution in [0.5, 0.6) is 0 Å². The summed E-state index contributed by atoms with van der Waals surface area (Å²) < 4.78 is 27.9. The number of nitrogens with one attached hydrogen (secondary N) is 1. The largest absolute Gasteiger partial charge is 0.399 e. The van der Waals surface area contributed by atoms with E-state index in [-0.39, 0.29) is 5.54 Å². The molecule has 0 spiro atoms. The molecule has 19 heavy (non-hydrogen) atoms. The fraction of sp³-hybridized carbons (Fsp3) is 0.571. The second-order valence-corrected chi connectivity index (χ2v) is 7.40. The lowest BCUT2D eigenvalue weighted by Crippen LogP contribution is -2.47. The highest BCUT2D eigenvalue weighted by atomic mass is 32.2. The van der Waals surface area contributed by atoms with E-state index in [0.717, 1.165) is 25.7 Å². The third-order valence-electron chi connectivity index (χ3n) is 3.83. The molecular weight excluding hydrogens is 260 g/mol. The summed E-state index contributed by atoms with van der Waals surface area (Å²) in [6, 6.07) is 4.90. The van der Waals surface area contributed by atoms with Crippen molar-refractivity contribution in [2.45, 2.75) is 56.4 Å². The second-order valence-electron chi connectivity index (χ2n) is 5.75. The first-order chi connectivity index (χ1) is 8.82. The number of nitrogens with two attached hydrogens (primary N) is 1. The van der Waals surface area contributed by atoms with Gasteiger partial charge in [-0.25, -0.2) is 13.1 Å². The van der Waals surface area contributed by atoms with Gasteiger partial charge in [-0.2, -0.15) is 0 Å². The van der Waals surface area contributed by atoms with E-state index in [9.17, 15) is 8.42 Å². The van der Waals surface area contributed by atoms with Crippen LogP contribution in [0.2, 0.25) is 0 Å². The molecule has 106 valence electrons. The number of aryl methyl sites for hydroxylation is 1. The molecule has 5 heteroatoms. The summed E-state index contributed by atoms with van der Waals surface area (Å²) in [4.78, 5) is 0.327. The number of rotatable bonds is 3. The van der Waals surface area contributed by atoms with Crippen molar-refractivity contribution in [2.75, 3.05) is 5.73 Å². The van der Waals surface area contributed by atoms with Gasteiger partial charge in [0.2, 0.25) is 10.0 Å². The summed E-state index contributed by atoms with van der Waals surface area (Å²) in [7, 11) is -3.47. The maximum Gasteiger partial charge on any atom is 0.241 e. The topological polar surface area (TPSA) is 72.2 Å². The molecule has 1 saturated carbocycles. The number of nitrogen functional groups attached to an aromatic ring is 1. The minimum absolute atomic E-state index is 0.315. The lowest BCUT2D eigenvalue weighted by molar-refractivity contribution is 0.294. The van der Waals surface area contributed by atoms with Crippen molar-refractivity contribution in [1.29, 1.82) is 0 Å². The first-order valence-corrected chi connectivity index (χ1v) is 8.21. The minimum Gasteiger partial charge on any atom is -0.399 e. The van der Waals surface area contributed by atoms with Crippen LogP contribution in [-0.4, -0.2) is 14.0 Å². The predicted octanol–water partition coefficient (Wildman–Crippen LogP) is 2.58. The molecule has 0 aliphatic heterocycles. The molecule has 1 aliphatic carbocycles. The Balaban J connectivity index is 2.27. The van der Waals surface area contributed by atoms with Crippen LogP contribution in [0.1, 0.15) is 44.6 Å². The Labute approximate surface area is 115 Å². The maximum atomic E-state index is 12.5. The Morgan fingerprint density at radius 3 is 2.42 bits per heavy atom. The van der Waals surface area contributed by atoms with Crippen molar-refractivity contribution >= 4 is 15.7 Å². The highest BCUT2D eigenvalue weighted by Crippen LogP contribution is 2.30. The summed E-state index contributed by atoms with van der Waals surface area (Å²) in [5.41, 5.74) is 6.62. The van der Waals surface area contributed by atoms with E-state index in [0.29, 0.717) is 16.1 Å². The van der Waals surface area contributed by atoms with Crippen molar-refractivity contribution in [3.63, 3.8) is 0 Å². The highest BCUT2D eigenvalue weighted by Gasteiger charge is 2.32. The lowest BCUT2D eigenvalue weighted by atomic mass is 9.84. The molecule has 0 radical (unpaired) electrons. The SMILES string of the molecule is Cc1cc(N)ccc1S(=O)(=O)NC1(C)CCCCC1. The van der Waals surface area contributed by atoms with Crippen molar-refractivity contribution in [3.05, 3.63) is 23.8 Å². The van der Waals surface area contributed by atoms with Crippen LogP contribution in [0.3, 0.4) is 0 Å². The van der Waals surface area contributed by atoms with Gasteiger partial charge in [0.25, 0.3) is 0 Å². The van der Waals surface area contributed by atoms with Crippen LogP contribution in [0.15, 0.2) is 23.1 Å². The van der Waals surface area contributed by atoms with Crippen LogP contribution in [-0.2, 0) is 10.0 Å². The van der Waals surface area contributed by atoms with Crippen molar-refractivity contribution < 1.29 is 8.42 Å². The van der Waals surface area contributed by atoms with Crippen LogP contribution in [0.4, 0.5) is 5.69 Å². The van der Waals surface area contributed by atoms with E-state index in [2.05, 4.69) is 4.72 Å². The number of sulfonamides is 1. The zero-order valence-electron chi connectivity index (χ0n) is 11.6. The summed E-state index contributed by atoms with van der Waals surface area (Å²) in [6.07, 6.45) is 5.16. The smallest absolute Gasteiger partial charge is 0.241 e. The summed E-state index contributed by atoms with van der Waals surface area (Å²) in [5, 5.41) is 0. The molecule has 0 atom stereocenters. The van der Waals surface area contributed by atoms with Gasteiger partial charge in [0, 0.05) is 11.2 Å². The predicted molar refractivity (Wildman–Crippen MR) is 77.4 cm³/mol. The van der Waals surface area contributed by atoms with Crippen LogP contribution >= 0.6 is 0 Å². The molecule has 0 bridgehead atoms. The average molecular weight is 282 g/mol. The van der Waals surface area contributed by atoms with Gasteiger partial charge in [-0.3, -0.25) is 0 Å². The standard InChI is InChI=1S/C14H22N2O2S/c1-11-10-12(15)6-7-13(11)19(17,18)16-14(2)8-4-3-5-9-14/h6-7,10,16H,3-5,8-9,15H2,1-2H3. The molecule has 1 aromatic rings. The molecule has 0 amide bonds. The van der Waals surface area contributed by atoms with Gasteiger partial charge in [-0.15, -0.1) is 0 Å². The van der Waals surface area contributed by atoms with Gasteiger partial charge < -0.3 is 5.73 Å². The van der Waals surface area contributed by atoms with Gasteiger partial charge in [-0.05, 0) is 50.5 Å². The van der Waals surface area contributed by atoms with E-state index in [1.54, 1.807) is 25.1 Å². The molecule has 0 unspecified atom stereocenters. The Kier molecular flexibility index (Phi) is 3.87. The molecule has 1 aromatic carbocycles. The molecular formula is C14H22N2O2S. The fourth-order valence-electron chi connectivity index (χ4n) is 2.79. The fourth-order valence-corrected chi connectivity index (χ4v) is 4.48. The maximum absolute atomic E-state index is 12.5. The normalized spacial score (nSPS) is 19.3.